The summed E-state index contributed by atoms with van der Waals surface area (Å²) in [7, 11) is 2.46. The summed E-state index contributed by atoms with van der Waals surface area (Å²) >= 11 is 0. The fourth-order valence-corrected chi connectivity index (χ4v) is 1.00. The smallest absolute Gasteiger partial charge is 0.313 e. The van der Waals surface area contributed by atoms with E-state index in [0.717, 1.165) is 0 Å². The standard InChI is InChI=1S/C11H17NO5/c1-4-9(13)12-6-5-8(11(15)17-3)7-10(14)16-2/h5-6,8H,4,7H2,1-3H3,(H,12,13)/b6-5+. The second-order valence-electron chi connectivity index (χ2n) is 3.19. The molecule has 0 heterocycles. The molecule has 0 aliphatic carbocycles. The zero-order valence-electron chi connectivity index (χ0n) is 10.2. The molecule has 6 nitrogen and oxygen atoms in total. The molecule has 0 saturated heterocycles. The molecule has 1 unspecified atom stereocenters. The van der Waals surface area contributed by atoms with Gasteiger partial charge in [-0.05, 0) is 0 Å². The quantitative estimate of drug-likeness (QED) is 0.682. The Morgan fingerprint density at radius 1 is 1.24 bits per heavy atom. The van der Waals surface area contributed by atoms with Crippen LogP contribution < -0.4 is 5.32 Å². The van der Waals surface area contributed by atoms with Gasteiger partial charge in [-0.25, -0.2) is 0 Å². The molecule has 0 spiro atoms. The molecule has 0 aliphatic heterocycles. The lowest BCUT2D eigenvalue weighted by Gasteiger charge is -2.08. The molecule has 17 heavy (non-hydrogen) atoms. The summed E-state index contributed by atoms with van der Waals surface area (Å²) in [6.45, 7) is 1.70. The van der Waals surface area contributed by atoms with Crippen LogP contribution in [0.5, 0.6) is 0 Å². The van der Waals surface area contributed by atoms with Crippen LogP contribution in [0.25, 0.3) is 0 Å². The first kappa shape index (κ1) is 15.2. The Balaban J connectivity index is 4.43. The molecular formula is C11H17NO5. The Morgan fingerprint density at radius 3 is 2.35 bits per heavy atom. The van der Waals surface area contributed by atoms with E-state index in [2.05, 4.69) is 14.8 Å². The number of nitrogens with one attached hydrogen (secondary N) is 1. The Hall–Kier alpha value is -1.85. The van der Waals surface area contributed by atoms with Crippen molar-refractivity contribution >= 4 is 17.8 Å². The van der Waals surface area contributed by atoms with Crippen molar-refractivity contribution in [2.75, 3.05) is 14.2 Å². The first-order chi connectivity index (χ1) is 8.04. The minimum absolute atomic E-state index is 0.123. The van der Waals surface area contributed by atoms with Gasteiger partial charge in [-0.15, -0.1) is 0 Å². The topological polar surface area (TPSA) is 81.7 Å². The number of amides is 1. The molecule has 96 valence electrons. The van der Waals surface area contributed by atoms with Crippen molar-refractivity contribution in [1.82, 2.24) is 5.32 Å². The summed E-state index contributed by atoms with van der Waals surface area (Å²) in [4.78, 5) is 33.3. The molecular weight excluding hydrogens is 226 g/mol. The van der Waals surface area contributed by atoms with Crippen molar-refractivity contribution in [3.05, 3.63) is 12.3 Å². The Bertz CT molecular complexity index is 311. The second kappa shape index (κ2) is 8.32. The number of carbonyl (C=O) groups is 3. The highest BCUT2D eigenvalue weighted by Crippen LogP contribution is 2.08. The van der Waals surface area contributed by atoms with Gasteiger partial charge in [-0.1, -0.05) is 13.0 Å². The van der Waals surface area contributed by atoms with E-state index in [1.165, 1.54) is 26.5 Å². The van der Waals surface area contributed by atoms with Crippen LogP contribution in [0.1, 0.15) is 19.8 Å². The van der Waals surface area contributed by atoms with E-state index in [9.17, 15) is 14.4 Å². The number of esters is 2. The van der Waals surface area contributed by atoms with Crippen molar-refractivity contribution < 1.29 is 23.9 Å². The molecule has 0 aromatic rings. The number of methoxy groups -OCH3 is 2. The third-order valence-corrected chi connectivity index (χ3v) is 2.01. The minimum Gasteiger partial charge on any atom is -0.469 e. The summed E-state index contributed by atoms with van der Waals surface area (Å²) in [5.74, 6) is -2.02. The molecule has 0 bridgehead atoms. The second-order valence-corrected chi connectivity index (χ2v) is 3.19. The van der Waals surface area contributed by atoms with Crippen LogP contribution in [-0.2, 0) is 23.9 Å². The maximum absolute atomic E-state index is 11.3. The number of ether oxygens (including phenoxy) is 2. The van der Waals surface area contributed by atoms with Gasteiger partial charge in [0.2, 0.25) is 5.91 Å². The fraction of sp³-hybridized carbons (Fsp3) is 0.545. The first-order valence-corrected chi connectivity index (χ1v) is 5.15. The van der Waals surface area contributed by atoms with Crippen molar-refractivity contribution in [2.24, 2.45) is 5.92 Å². The van der Waals surface area contributed by atoms with Crippen LogP contribution in [0.15, 0.2) is 12.3 Å². The van der Waals surface area contributed by atoms with Gasteiger partial charge in [-0.3, -0.25) is 14.4 Å². The molecule has 0 rings (SSSR count). The van der Waals surface area contributed by atoms with Gasteiger partial charge >= 0.3 is 11.9 Å². The van der Waals surface area contributed by atoms with Gasteiger partial charge in [0.1, 0.15) is 0 Å². The third kappa shape index (κ3) is 6.34. The van der Waals surface area contributed by atoms with Gasteiger partial charge in [-0.2, -0.15) is 0 Å². The average molecular weight is 243 g/mol. The van der Waals surface area contributed by atoms with Crippen LogP contribution in [0.2, 0.25) is 0 Å². The normalized spacial score (nSPS) is 11.9. The lowest BCUT2D eigenvalue weighted by atomic mass is 10.1. The molecule has 1 amide bonds. The Morgan fingerprint density at radius 2 is 1.88 bits per heavy atom. The molecule has 1 atom stereocenters. The summed E-state index contributed by atoms with van der Waals surface area (Å²) in [5.41, 5.74) is 0. The van der Waals surface area contributed by atoms with Crippen molar-refractivity contribution in [1.29, 1.82) is 0 Å². The van der Waals surface area contributed by atoms with Gasteiger partial charge < -0.3 is 14.8 Å². The number of hydrogen-bond acceptors (Lipinski definition) is 5. The predicted molar refractivity (Wildman–Crippen MR) is 59.7 cm³/mol. The van der Waals surface area contributed by atoms with Crippen molar-refractivity contribution in [3.8, 4) is 0 Å². The van der Waals surface area contributed by atoms with E-state index in [0.29, 0.717) is 6.42 Å². The lowest BCUT2D eigenvalue weighted by molar-refractivity contribution is -0.150. The van der Waals surface area contributed by atoms with E-state index in [1.807, 2.05) is 0 Å². The highest BCUT2D eigenvalue weighted by molar-refractivity contribution is 5.81. The molecule has 1 N–H and O–H groups in total. The summed E-state index contributed by atoms with van der Waals surface area (Å²) in [5, 5.41) is 2.45. The molecule has 0 fully saturated rings. The van der Waals surface area contributed by atoms with Crippen LogP contribution in [0.4, 0.5) is 0 Å². The van der Waals surface area contributed by atoms with Gasteiger partial charge in [0.25, 0.3) is 0 Å². The van der Waals surface area contributed by atoms with Gasteiger partial charge in [0.15, 0.2) is 0 Å². The summed E-state index contributed by atoms with van der Waals surface area (Å²) < 4.78 is 8.99. The van der Waals surface area contributed by atoms with Crippen LogP contribution in [-0.4, -0.2) is 32.1 Å². The summed E-state index contributed by atoms with van der Waals surface area (Å²) in [6, 6.07) is 0. The SMILES string of the molecule is CCC(=O)N/C=C/C(CC(=O)OC)C(=O)OC. The zero-order valence-corrected chi connectivity index (χ0v) is 10.2. The molecule has 0 radical (unpaired) electrons. The third-order valence-electron chi connectivity index (χ3n) is 2.01. The van der Waals surface area contributed by atoms with Crippen LogP contribution >= 0.6 is 0 Å². The van der Waals surface area contributed by atoms with E-state index < -0.39 is 17.9 Å². The van der Waals surface area contributed by atoms with E-state index in [-0.39, 0.29) is 12.3 Å². The largest absolute Gasteiger partial charge is 0.469 e. The zero-order chi connectivity index (χ0) is 13.3. The highest BCUT2D eigenvalue weighted by atomic mass is 16.5. The predicted octanol–water partition coefficient (Wildman–Crippen LogP) is 0.379. The monoisotopic (exact) mass is 243 g/mol. The van der Waals surface area contributed by atoms with Gasteiger partial charge in [0, 0.05) is 12.6 Å². The Kier molecular flexibility index (Phi) is 7.41. The molecule has 6 heteroatoms. The number of hydrogen-bond donors (Lipinski definition) is 1. The van der Waals surface area contributed by atoms with Crippen molar-refractivity contribution in [3.63, 3.8) is 0 Å². The molecule has 0 saturated carbocycles. The molecule has 0 aliphatic rings. The van der Waals surface area contributed by atoms with Gasteiger partial charge in [0.05, 0.1) is 26.6 Å². The van der Waals surface area contributed by atoms with E-state index >= 15 is 0 Å². The fourth-order valence-electron chi connectivity index (χ4n) is 1.00. The molecule has 0 aromatic carbocycles. The molecule has 0 aromatic heterocycles. The lowest BCUT2D eigenvalue weighted by Crippen LogP contribution is -2.21. The maximum atomic E-state index is 11.3. The maximum Gasteiger partial charge on any atom is 0.313 e. The van der Waals surface area contributed by atoms with Crippen molar-refractivity contribution in [2.45, 2.75) is 19.8 Å². The average Bonchev–Trinajstić information content (AvgIpc) is 2.35. The highest BCUT2D eigenvalue weighted by Gasteiger charge is 2.20. The number of rotatable bonds is 6. The van der Waals surface area contributed by atoms with E-state index in [1.54, 1.807) is 6.92 Å². The van der Waals surface area contributed by atoms with Crippen LogP contribution in [0, 0.1) is 5.92 Å². The van der Waals surface area contributed by atoms with Crippen LogP contribution in [0.3, 0.4) is 0 Å². The minimum atomic E-state index is -0.760. The van der Waals surface area contributed by atoms with E-state index in [4.69, 9.17) is 0 Å². The summed E-state index contributed by atoms with van der Waals surface area (Å²) in [6.07, 6.45) is 2.94. The Labute approximate surface area is 100.0 Å². The first-order valence-electron chi connectivity index (χ1n) is 5.15. The number of carbonyl (C=O) groups excluding carboxylic acids is 3.